The van der Waals surface area contributed by atoms with Gasteiger partial charge < -0.3 is 5.32 Å². The second kappa shape index (κ2) is 6.60. The molecule has 0 aromatic heterocycles. The van der Waals surface area contributed by atoms with E-state index < -0.39 is 9.84 Å². The van der Waals surface area contributed by atoms with Crippen LogP contribution in [0.1, 0.15) is 44.6 Å². The molecular formula is C16H23NO3S. The van der Waals surface area contributed by atoms with Crippen molar-refractivity contribution in [3.8, 4) is 0 Å². The van der Waals surface area contributed by atoms with Crippen LogP contribution in [0.15, 0.2) is 24.3 Å². The maximum absolute atomic E-state index is 12.2. The molecule has 0 aliphatic carbocycles. The van der Waals surface area contributed by atoms with Crippen LogP contribution < -0.4 is 5.32 Å². The summed E-state index contributed by atoms with van der Waals surface area (Å²) < 4.78 is 23.2. The van der Waals surface area contributed by atoms with Gasteiger partial charge in [0.25, 0.3) is 0 Å². The van der Waals surface area contributed by atoms with E-state index in [1.165, 1.54) is 0 Å². The first kappa shape index (κ1) is 16.0. The maximum atomic E-state index is 12.2. The van der Waals surface area contributed by atoms with Crippen molar-refractivity contribution in [1.82, 2.24) is 0 Å². The van der Waals surface area contributed by atoms with Crippen molar-refractivity contribution < 1.29 is 13.2 Å². The Bertz CT molecular complexity index is 608. The first-order chi connectivity index (χ1) is 9.87. The molecule has 1 fully saturated rings. The second-order valence-corrected chi connectivity index (χ2v) is 8.35. The Morgan fingerprint density at radius 1 is 1.33 bits per heavy atom. The minimum absolute atomic E-state index is 0.0463. The van der Waals surface area contributed by atoms with Crippen LogP contribution in [-0.2, 0) is 14.6 Å². The van der Waals surface area contributed by atoms with Crippen LogP contribution in [-0.4, -0.2) is 25.8 Å². The molecule has 0 spiro atoms. The Morgan fingerprint density at radius 3 is 2.71 bits per heavy atom. The number of nitrogens with one attached hydrogen (secondary N) is 1. The molecular weight excluding hydrogens is 286 g/mol. The van der Waals surface area contributed by atoms with E-state index >= 15 is 0 Å². The molecule has 21 heavy (non-hydrogen) atoms. The molecule has 1 unspecified atom stereocenters. The lowest BCUT2D eigenvalue weighted by atomic mass is 9.99. The number of rotatable bonds is 4. The fourth-order valence-corrected chi connectivity index (χ4v) is 4.63. The van der Waals surface area contributed by atoms with Gasteiger partial charge in [0.15, 0.2) is 9.84 Å². The zero-order valence-electron chi connectivity index (χ0n) is 12.6. The van der Waals surface area contributed by atoms with E-state index in [1.807, 2.05) is 24.3 Å². The monoisotopic (exact) mass is 309 g/mol. The second-order valence-electron chi connectivity index (χ2n) is 6.12. The fourth-order valence-electron chi connectivity index (χ4n) is 2.86. The topological polar surface area (TPSA) is 63.2 Å². The zero-order chi connectivity index (χ0) is 15.5. The highest BCUT2D eigenvalue weighted by molar-refractivity contribution is 7.91. The predicted octanol–water partition coefficient (Wildman–Crippen LogP) is 2.96. The molecule has 2 rings (SSSR count). The first-order valence-electron chi connectivity index (χ1n) is 7.46. The van der Waals surface area contributed by atoms with Gasteiger partial charge in [0.2, 0.25) is 5.91 Å². The van der Waals surface area contributed by atoms with E-state index in [-0.39, 0.29) is 29.8 Å². The van der Waals surface area contributed by atoms with Crippen molar-refractivity contribution in [1.29, 1.82) is 0 Å². The highest BCUT2D eigenvalue weighted by atomic mass is 32.2. The minimum Gasteiger partial charge on any atom is -0.326 e. The van der Waals surface area contributed by atoms with Gasteiger partial charge in [-0.3, -0.25) is 4.79 Å². The average molecular weight is 309 g/mol. The van der Waals surface area contributed by atoms with Crippen molar-refractivity contribution in [2.24, 2.45) is 5.92 Å². The molecule has 0 bridgehead atoms. The van der Waals surface area contributed by atoms with Crippen LogP contribution in [0.25, 0.3) is 0 Å². The standard InChI is InChI=1S/C16H23NO3S/c1-12(2)14-7-3-4-8-15(14)17-16(18)10-13-6-5-9-21(19,20)11-13/h3-4,7-8,12-13H,5-6,9-11H2,1-2H3,(H,17,18). The number of hydrogen-bond donors (Lipinski definition) is 1. The summed E-state index contributed by atoms with van der Waals surface area (Å²) in [6.45, 7) is 4.16. The molecule has 5 heteroatoms. The number of carbonyl (C=O) groups is 1. The number of carbonyl (C=O) groups excluding carboxylic acids is 1. The lowest BCUT2D eigenvalue weighted by molar-refractivity contribution is -0.117. The summed E-state index contributed by atoms with van der Waals surface area (Å²) in [5.74, 6) is 0.602. The molecule has 1 aliphatic rings. The third-order valence-electron chi connectivity index (χ3n) is 3.89. The predicted molar refractivity (Wildman–Crippen MR) is 85.2 cm³/mol. The summed E-state index contributed by atoms with van der Waals surface area (Å²) in [6.07, 6.45) is 1.77. The molecule has 1 amide bonds. The van der Waals surface area contributed by atoms with Gasteiger partial charge in [0.1, 0.15) is 0 Å². The quantitative estimate of drug-likeness (QED) is 0.930. The summed E-state index contributed by atoms with van der Waals surface area (Å²) in [5.41, 5.74) is 1.93. The van der Waals surface area contributed by atoms with Gasteiger partial charge in [0, 0.05) is 12.1 Å². The van der Waals surface area contributed by atoms with Crippen LogP contribution in [0.2, 0.25) is 0 Å². The number of sulfone groups is 1. The van der Waals surface area contributed by atoms with Gasteiger partial charge >= 0.3 is 0 Å². The van der Waals surface area contributed by atoms with E-state index in [2.05, 4.69) is 19.2 Å². The van der Waals surface area contributed by atoms with Crippen molar-refractivity contribution in [3.05, 3.63) is 29.8 Å². The average Bonchev–Trinajstić information content (AvgIpc) is 2.37. The first-order valence-corrected chi connectivity index (χ1v) is 9.29. The molecule has 0 saturated carbocycles. The van der Waals surface area contributed by atoms with Gasteiger partial charge in [-0.15, -0.1) is 0 Å². The molecule has 1 atom stereocenters. The molecule has 1 saturated heterocycles. The van der Waals surface area contributed by atoms with Crippen molar-refractivity contribution >= 4 is 21.4 Å². The fraction of sp³-hybridized carbons (Fsp3) is 0.562. The van der Waals surface area contributed by atoms with E-state index in [0.29, 0.717) is 12.3 Å². The molecule has 1 heterocycles. The Hall–Kier alpha value is -1.36. The molecule has 1 aromatic carbocycles. The molecule has 1 aliphatic heterocycles. The third-order valence-corrected chi connectivity index (χ3v) is 5.78. The number of amides is 1. The molecule has 0 radical (unpaired) electrons. The molecule has 116 valence electrons. The Labute approximate surface area is 126 Å². The van der Waals surface area contributed by atoms with Gasteiger partial charge in [-0.1, -0.05) is 32.0 Å². The Kier molecular flexibility index (Phi) is 5.04. The Balaban J connectivity index is 1.99. The third kappa shape index (κ3) is 4.56. The number of hydrogen-bond acceptors (Lipinski definition) is 3. The molecule has 4 nitrogen and oxygen atoms in total. The van der Waals surface area contributed by atoms with Crippen molar-refractivity contribution in [2.75, 3.05) is 16.8 Å². The smallest absolute Gasteiger partial charge is 0.224 e. The summed E-state index contributed by atoms with van der Waals surface area (Å²) in [6, 6.07) is 7.75. The lowest BCUT2D eigenvalue weighted by Crippen LogP contribution is -2.28. The Morgan fingerprint density at radius 2 is 2.05 bits per heavy atom. The molecule has 1 aromatic rings. The lowest BCUT2D eigenvalue weighted by Gasteiger charge is -2.21. The van der Waals surface area contributed by atoms with Crippen LogP contribution in [0.5, 0.6) is 0 Å². The summed E-state index contributed by atoms with van der Waals surface area (Å²) in [7, 11) is -2.95. The SMILES string of the molecule is CC(C)c1ccccc1NC(=O)CC1CCCS(=O)(=O)C1. The van der Waals surface area contributed by atoms with Gasteiger partial charge in [0.05, 0.1) is 11.5 Å². The summed E-state index contributed by atoms with van der Waals surface area (Å²) in [5, 5.41) is 2.93. The zero-order valence-corrected chi connectivity index (χ0v) is 13.4. The number of anilines is 1. The number of benzene rings is 1. The van der Waals surface area contributed by atoms with Gasteiger partial charge in [-0.2, -0.15) is 0 Å². The van der Waals surface area contributed by atoms with Gasteiger partial charge in [-0.05, 0) is 36.3 Å². The largest absolute Gasteiger partial charge is 0.326 e. The van der Waals surface area contributed by atoms with Crippen LogP contribution >= 0.6 is 0 Å². The van der Waals surface area contributed by atoms with Crippen LogP contribution in [0.3, 0.4) is 0 Å². The van der Waals surface area contributed by atoms with Crippen LogP contribution in [0.4, 0.5) is 5.69 Å². The summed E-state index contributed by atoms with van der Waals surface area (Å²) >= 11 is 0. The number of para-hydroxylation sites is 1. The van der Waals surface area contributed by atoms with E-state index in [1.54, 1.807) is 0 Å². The van der Waals surface area contributed by atoms with E-state index in [0.717, 1.165) is 17.7 Å². The van der Waals surface area contributed by atoms with E-state index in [9.17, 15) is 13.2 Å². The highest BCUT2D eigenvalue weighted by Gasteiger charge is 2.26. The normalized spacial score (nSPS) is 21.2. The van der Waals surface area contributed by atoms with Crippen molar-refractivity contribution in [3.63, 3.8) is 0 Å². The maximum Gasteiger partial charge on any atom is 0.224 e. The van der Waals surface area contributed by atoms with Crippen molar-refractivity contribution in [2.45, 2.75) is 39.0 Å². The van der Waals surface area contributed by atoms with Crippen LogP contribution in [0, 0.1) is 5.92 Å². The van der Waals surface area contributed by atoms with E-state index in [4.69, 9.17) is 0 Å². The molecule has 1 N–H and O–H groups in total. The highest BCUT2D eigenvalue weighted by Crippen LogP contribution is 2.25. The summed E-state index contributed by atoms with van der Waals surface area (Å²) in [4.78, 5) is 12.2. The minimum atomic E-state index is -2.95. The van der Waals surface area contributed by atoms with Gasteiger partial charge in [-0.25, -0.2) is 8.42 Å².